The number of methoxy groups -OCH3 is 4. The molecule has 0 spiro atoms. The SMILES string of the molecule is COC(Cc1ccc(C(OC)OC)cc1)OC. The first-order chi connectivity index (χ1) is 8.24. The lowest BCUT2D eigenvalue weighted by Gasteiger charge is -2.16. The molecule has 1 aromatic rings. The van der Waals surface area contributed by atoms with Crippen molar-refractivity contribution in [2.24, 2.45) is 0 Å². The van der Waals surface area contributed by atoms with Crippen molar-refractivity contribution in [2.75, 3.05) is 28.4 Å². The van der Waals surface area contributed by atoms with Crippen LogP contribution in [0.25, 0.3) is 0 Å². The standard InChI is InChI=1S/C13H20O4/c1-14-12(15-2)9-10-5-7-11(8-6-10)13(16-3)17-4/h5-8,12-13H,9H2,1-4H3. The molecule has 0 heterocycles. The fraction of sp³-hybridized carbons (Fsp3) is 0.538. The minimum atomic E-state index is -0.315. The molecule has 1 aromatic carbocycles. The molecule has 4 heteroatoms. The van der Waals surface area contributed by atoms with E-state index < -0.39 is 0 Å². The molecule has 1 rings (SSSR count). The summed E-state index contributed by atoms with van der Waals surface area (Å²) in [7, 11) is 6.50. The number of hydrogen-bond donors (Lipinski definition) is 0. The van der Waals surface area contributed by atoms with Crippen LogP contribution < -0.4 is 0 Å². The number of hydrogen-bond acceptors (Lipinski definition) is 4. The summed E-state index contributed by atoms with van der Waals surface area (Å²) in [5.41, 5.74) is 2.14. The average molecular weight is 240 g/mol. The molecule has 0 aliphatic carbocycles. The van der Waals surface area contributed by atoms with E-state index in [1.807, 2.05) is 24.3 Å². The van der Waals surface area contributed by atoms with Crippen molar-refractivity contribution in [3.05, 3.63) is 35.4 Å². The first kappa shape index (κ1) is 14.1. The van der Waals surface area contributed by atoms with E-state index in [1.165, 1.54) is 0 Å². The molecule has 0 aromatic heterocycles. The molecular weight excluding hydrogens is 220 g/mol. The minimum Gasteiger partial charge on any atom is -0.356 e. The Morgan fingerprint density at radius 2 is 1.35 bits per heavy atom. The summed E-state index contributed by atoms with van der Waals surface area (Å²) in [6.45, 7) is 0. The Morgan fingerprint density at radius 3 is 1.76 bits per heavy atom. The molecule has 17 heavy (non-hydrogen) atoms. The van der Waals surface area contributed by atoms with Crippen molar-refractivity contribution in [1.29, 1.82) is 0 Å². The van der Waals surface area contributed by atoms with Gasteiger partial charge in [-0.05, 0) is 5.56 Å². The van der Waals surface area contributed by atoms with Crippen molar-refractivity contribution in [3.63, 3.8) is 0 Å². The molecule has 96 valence electrons. The van der Waals surface area contributed by atoms with Crippen LogP contribution in [0, 0.1) is 0 Å². The monoisotopic (exact) mass is 240 g/mol. The van der Waals surface area contributed by atoms with Crippen LogP contribution in [-0.4, -0.2) is 34.7 Å². The predicted molar refractivity (Wildman–Crippen MR) is 64.7 cm³/mol. The molecule has 0 unspecified atom stereocenters. The zero-order valence-corrected chi connectivity index (χ0v) is 10.8. The van der Waals surface area contributed by atoms with Crippen molar-refractivity contribution >= 4 is 0 Å². The van der Waals surface area contributed by atoms with E-state index >= 15 is 0 Å². The van der Waals surface area contributed by atoms with Crippen LogP contribution in [0.5, 0.6) is 0 Å². The van der Waals surface area contributed by atoms with E-state index in [0.29, 0.717) is 0 Å². The highest BCUT2D eigenvalue weighted by Gasteiger charge is 2.10. The Bertz CT molecular complexity index is 302. The Labute approximate surface area is 102 Å². The molecule has 0 atom stereocenters. The second-order valence-corrected chi connectivity index (χ2v) is 3.65. The van der Waals surface area contributed by atoms with Crippen molar-refractivity contribution in [3.8, 4) is 0 Å². The maximum atomic E-state index is 5.18. The van der Waals surface area contributed by atoms with Gasteiger partial charge in [0.25, 0.3) is 0 Å². The second-order valence-electron chi connectivity index (χ2n) is 3.65. The van der Waals surface area contributed by atoms with Gasteiger partial charge in [0.15, 0.2) is 12.6 Å². The average Bonchev–Trinajstić information content (AvgIpc) is 2.39. The van der Waals surface area contributed by atoms with Crippen LogP contribution in [0.15, 0.2) is 24.3 Å². The molecule has 0 aliphatic heterocycles. The molecule has 0 bridgehead atoms. The zero-order chi connectivity index (χ0) is 12.7. The quantitative estimate of drug-likeness (QED) is 0.684. The fourth-order valence-corrected chi connectivity index (χ4v) is 1.63. The van der Waals surface area contributed by atoms with Crippen LogP contribution in [0.4, 0.5) is 0 Å². The Hall–Kier alpha value is -0.940. The highest BCUT2D eigenvalue weighted by Crippen LogP contribution is 2.18. The van der Waals surface area contributed by atoms with Crippen LogP contribution in [0.2, 0.25) is 0 Å². The first-order valence-electron chi connectivity index (χ1n) is 5.45. The first-order valence-corrected chi connectivity index (χ1v) is 5.45. The van der Waals surface area contributed by atoms with E-state index in [2.05, 4.69) is 0 Å². The summed E-state index contributed by atoms with van der Waals surface area (Å²) in [6, 6.07) is 8.00. The van der Waals surface area contributed by atoms with Gasteiger partial charge in [0, 0.05) is 40.4 Å². The zero-order valence-electron chi connectivity index (χ0n) is 10.8. The van der Waals surface area contributed by atoms with E-state index in [-0.39, 0.29) is 12.6 Å². The van der Waals surface area contributed by atoms with Crippen molar-refractivity contribution < 1.29 is 18.9 Å². The van der Waals surface area contributed by atoms with E-state index in [4.69, 9.17) is 18.9 Å². The molecule has 0 saturated carbocycles. The van der Waals surface area contributed by atoms with Crippen LogP contribution >= 0.6 is 0 Å². The molecule has 0 N–H and O–H groups in total. The Kier molecular flexibility index (Phi) is 6.15. The minimum absolute atomic E-state index is 0.207. The van der Waals surface area contributed by atoms with Crippen molar-refractivity contribution in [1.82, 2.24) is 0 Å². The van der Waals surface area contributed by atoms with Gasteiger partial charge in [-0.1, -0.05) is 24.3 Å². The third-order valence-corrected chi connectivity index (χ3v) is 2.61. The van der Waals surface area contributed by atoms with E-state index in [1.54, 1.807) is 28.4 Å². The molecule has 0 aliphatic rings. The van der Waals surface area contributed by atoms with Gasteiger partial charge in [-0.2, -0.15) is 0 Å². The molecule has 0 fully saturated rings. The van der Waals surface area contributed by atoms with Crippen LogP contribution in [0.3, 0.4) is 0 Å². The topological polar surface area (TPSA) is 36.9 Å². The molecule has 0 radical (unpaired) electrons. The summed E-state index contributed by atoms with van der Waals surface area (Å²) < 4.78 is 20.7. The molecule has 0 amide bonds. The van der Waals surface area contributed by atoms with Gasteiger partial charge < -0.3 is 18.9 Å². The normalized spacial score (nSPS) is 11.4. The van der Waals surface area contributed by atoms with Gasteiger partial charge in [0.2, 0.25) is 0 Å². The Morgan fingerprint density at radius 1 is 0.824 bits per heavy atom. The van der Waals surface area contributed by atoms with Gasteiger partial charge in [0.05, 0.1) is 0 Å². The molecular formula is C13H20O4. The van der Waals surface area contributed by atoms with Gasteiger partial charge in [-0.25, -0.2) is 0 Å². The number of rotatable bonds is 7. The number of benzene rings is 1. The smallest absolute Gasteiger partial charge is 0.183 e. The maximum absolute atomic E-state index is 5.18. The van der Waals surface area contributed by atoms with Gasteiger partial charge in [-0.15, -0.1) is 0 Å². The highest BCUT2D eigenvalue weighted by atomic mass is 16.7. The lowest BCUT2D eigenvalue weighted by molar-refractivity contribution is -0.106. The lowest BCUT2D eigenvalue weighted by Crippen LogP contribution is -2.16. The highest BCUT2D eigenvalue weighted by molar-refractivity contribution is 5.23. The van der Waals surface area contributed by atoms with E-state index in [0.717, 1.165) is 17.5 Å². The second kappa shape index (κ2) is 7.40. The predicted octanol–water partition coefficient (Wildman–Crippen LogP) is 2.14. The van der Waals surface area contributed by atoms with Crippen LogP contribution in [0.1, 0.15) is 17.4 Å². The third kappa shape index (κ3) is 4.09. The maximum Gasteiger partial charge on any atom is 0.183 e. The lowest BCUT2D eigenvalue weighted by atomic mass is 10.1. The summed E-state index contributed by atoms with van der Waals surface area (Å²) in [5.74, 6) is 0. The molecule has 0 saturated heterocycles. The van der Waals surface area contributed by atoms with Crippen molar-refractivity contribution in [2.45, 2.75) is 19.0 Å². The van der Waals surface area contributed by atoms with Gasteiger partial charge in [0.1, 0.15) is 0 Å². The summed E-state index contributed by atoms with van der Waals surface area (Å²) >= 11 is 0. The van der Waals surface area contributed by atoms with Gasteiger partial charge >= 0.3 is 0 Å². The largest absolute Gasteiger partial charge is 0.356 e. The summed E-state index contributed by atoms with van der Waals surface area (Å²) in [5, 5.41) is 0. The third-order valence-electron chi connectivity index (χ3n) is 2.61. The Balaban J connectivity index is 2.67. The van der Waals surface area contributed by atoms with Crippen LogP contribution in [-0.2, 0) is 25.4 Å². The van der Waals surface area contributed by atoms with E-state index in [9.17, 15) is 0 Å². The number of ether oxygens (including phenoxy) is 4. The summed E-state index contributed by atoms with van der Waals surface area (Å²) in [4.78, 5) is 0. The summed E-state index contributed by atoms with van der Waals surface area (Å²) in [6.07, 6.45) is 0.198. The van der Waals surface area contributed by atoms with Gasteiger partial charge in [-0.3, -0.25) is 0 Å². The molecule has 4 nitrogen and oxygen atoms in total. The fourth-order valence-electron chi connectivity index (χ4n) is 1.63.